The number of carbonyl (C=O) groups is 1. The highest BCUT2D eigenvalue weighted by Crippen LogP contribution is 2.31. The van der Waals surface area contributed by atoms with Crippen molar-refractivity contribution in [3.8, 4) is 0 Å². The SMILES string of the molecule is CNC(=O)CN1CCN(c2cc3nc[nH]c(=O)c3cc2[N+](=O)[O-])CC1. The minimum atomic E-state index is -0.488. The van der Waals surface area contributed by atoms with Crippen molar-refractivity contribution in [3.05, 3.63) is 38.9 Å². The molecule has 1 fully saturated rings. The molecule has 0 atom stereocenters. The summed E-state index contributed by atoms with van der Waals surface area (Å²) in [6, 6.07) is 2.85. The fraction of sp³-hybridized carbons (Fsp3) is 0.400. The van der Waals surface area contributed by atoms with Gasteiger partial charge in [0, 0.05) is 39.3 Å². The van der Waals surface area contributed by atoms with Gasteiger partial charge >= 0.3 is 0 Å². The second-order valence-electron chi connectivity index (χ2n) is 5.78. The van der Waals surface area contributed by atoms with Gasteiger partial charge in [0.1, 0.15) is 5.69 Å². The molecular weight excluding hydrogens is 328 g/mol. The maximum Gasteiger partial charge on any atom is 0.293 e. The fourth-order valence-corrected chi connectivity index (χ4v) is 2.92. The Balaban J connectivity index is 1.88. The van der Waals surface area contributed by atoms with Crippen LogP contribution in [0.4, 0.5) is 11.4 Å². The van der Waals surface area contributed by atoms with Crippen molar-refractivity contribution < 1.29 is 9.72 Å². The first-order valence-corrected chi connectivity index (χ1v) is 7.83. The molecule has 0 unspecified atom stereocenters. The number of likely N-dealkylation sites (N-methyl/N-ethyl adjacent to an activating group) is 1. The number of rotatable bonds is 4. The molecule has 0 bridgehead atoms. The third-order valence-corrected chi connectivity index (χ3v) is 4.29. The number of fused-ring (bicyclic) bond motifs is 1. The Morgan fingerprint density at radius 2 is 2.08 bits per heavy atom. The van der Waals surface area contributed by atoms with Crippen LogP contribution < -0.4 is 15.8 Å². The Morgan fingerprint density at radius 3 is 2.72 bits per heavy atom. The van der Waals surface area contributed by atoms with Crippen molar-refractivity contribution in [2.45, 2.75) is 0 Å². The molecule has 2 aromatic rings. The lowest BCUT2D eigenvalue weighted by molar-refractivity contribution is -0.384. The maximum atomic E-state index is 11.8. The smallest absolute Gasteiger partial charge is 0.293 e. The minimum Gasteiger partial charge on any atom is -0.363 e. The predicted octanol–water partition coefficient (Wildman–Crippen LogP) is -0.301. The van der Waals surface area contributed by atoms with Crippen LogP contribution in [-0.4, -0.2) is 65.5 Å². The van der Waals surface area contributed by atoms with Gasteiger partial charge in [-0.3, -0.25) is 24.6 Å². The molecule has 0 aliphatic carbocycles. The van der Waals surface area contributed by atoms with Gasteiger partial charge in [-0.2, -0.15) is 0 Å². The van der Waals surface area contributed by atoms with E-state index in [1.807, 2.05) is 9.80 Å². The molecule has 1 aliphatic rings. The second kappa shape index (κ2) is 6.85. The Morgan fingerprint density at radius 1 is 1.36 bits per heavy atom. The lowest BCUT2D eigenvalue weighted by Gasteiger charge is -2.35. The number of nitrogens with one attached hydrogen (secondary N) is 2. The summed E-state index contributed by atoms with van der Waals surface area (Å²) in [7, 11) is 1.59. The molecule has 1 aliphatic heterocycles. The number of nitro benzene ring substituents is 1. The van der Waals surface area contributed by atoms with Crippen molar-refractivity contribution in [2.75, 3.05) is 44.7 Å². The van der Waals surface area contributed by atoms with Crippen molar-refractivity contribution in [2.24, 2.45) is 0 Å². The van der Waals surface area contributed by atoms with Gasteiger partial charge in [0.15, 0.2) is 0 Å². The first-order valence-electron chi connectivity index (χ1n) is 7.83. The molecule has 2 heterocycles. The third-order valence-electron chi connectivity index (χ3n) is 4.29. The highest BCUT2D eigenvalue weighted by Gasteiger charge is 2.25. The number of aromatic amines is 1. The molecule has 10 nitrogen and oxygen atoms in total. The van der Waals surface area contributed by atoms with Crippen LogP contribution in [0.5, 0.6) is 0 Å². The summed E-state index contributed by atoms with van der Waals surface area (Å²) >= 11 is 0. The van der Waals surface area contributed by atoms with E-state index in [0.717, 1.165) is 0 Å². The van der Waals surface area contributed by atoms with Crippen LogP contribution in [0.15, 0.2) is 23.3 Å². The van der Waals surface area contributed by atoms with Gasteiger partial charge in [0.05, 0.1) is 28.7 Å². The van der Waals surface area contributed by atoms with Crippen LogP contribution in [0.25, 0.3) is 10.9 Å². The van der Waals surface area contributed by atoms with E-state index in [4.69, 9.17) is 0 Å². The number of carbonyl (C=O) groups excluding carboxylic acids is 1. The van der Waals surface area contributed by atoms with Crippen LogP contribution in [0.1, 0.15) is 0 Å². The normalized spacial score (nSPS) is 15.3. The summed E-state index contributed by atoms with van der Waals surface area (Å²) in [5.74, 6) is -0.0615. The highest BCUT2D eigenvalue weighted by molar-refractivity contribution is 5.87. The van der Waals surface area contributed by atoms with Crippen LogP contribution in [0.3, 0.4) is 0 Å². The number of aromatic nitrogens is 2. The molecule has 0 spiro atoms. The molecule has 132 valence electrons. The second-order valence-corrected chi connectivity index (χ2v) is 5.78. The van der Waals surface area contributed by atoms with Crippen molar-refractivity contribution in [3.63, 3.8) is 0 Å². The van der Waals surface area contributed by atoms with Crippen molar-refractivity contribution in [1.82, 2.24) is 20.2 Å². The molecule has 3 rings (SSSR count). The topological polar surface area (TPSA) is 124 Å². The maximum absolute atomic E-state index is 11.8. The Labute approximate surface area is 142 Å². The lowest BCUT2D eigenvalue weighted by Crippen LogP contribution is -2.49. The number of hydrogen-bond acceptors (Lipinski definition) is 7. The quantitative estimate of drug-likeness (QED) is 0.575. The average molecular weight is 346 g/mol. The molecule has 10 heteroatoms. The van der Waals surface area contributed by atoms with Crippen molar-refractivity contribution >= 4 is 28.2 Å². The van der Waals surface area contributed by atoms with E-state index < -0.39 is 10.5 Å². The van der Waals surface area contributed by atoms with Crippen LogP contribution >= 0.6 is 0 Å². The van der Waals surface area contributed by atoms with Gasteiger partial charge in [-0.25, -0.2) is 4.98 Å². The predicted molar refractivity (Wildman–Crippen MR) is 91.7 cm³/mol. The van der Waals surface area contributed by atoms with Gasteiger partial charge in [-0.1, -0.05) is 0 Å². The standard InChI is InChI=1S/C15H18N6O4/c1-16-14(22)8-19-2-4-20(5-3-19)12-7-11-10(6-13(12)21(24)25)15(23)18-9-17-11/h6-7,9H,2-5,8H2,1H3,(H,16,22)(H,17,18,23). The molecular formula is C15H18N6O4. The first-order chi connectivity index (χ1) is 12.0. The van der Waals surface area contributed by atoms with E-state index in [0.29, 0.717) is 43.9 Å². The zero-order chi connectivity index (χ0) is 18.0. The van der Waals surface area contributed by atoms with Crippen molar-refractivity contribution in [1.29, 1.82) is 0 Å². The molecule has 1 amide bonds. The molecule has 1 saturated heterocycles. The van der Waals surface area contributed by atoms with Gasteiger partial charge in [-0.15, -0.1) is 0 Å². The fourth-order valence-electron chi connectivity index (χ4n) is 2.92. The first kappa shape index (κ1) is 16.8. The Bertz CT molecular complexity index is 872. The molecule has 1 aromatic heterocycles. The molecule has 2 N–H and O–H groups in total. The number of nitro groups is 1. The van der Waals surface area contributed by atoms with Gasteiger partial charge in [0.2, 0.25) is 5.91 Å². The van der Waals surface area contributed by atoms with Gasteiger partial charge in [-0.05, 0) is 6.07 Å². The highest BCUT2D eigenvalue weighted by atomic mass is 16.6. The van der Waals surface area contributed by atoms with E-state index in [1.54, 1.807) is 13.1 Å². The number of piperazine rings is 1. The zero-order valence-corrected chi connectivity index (χ0v) is 13.7. The van der Waals surface area contributed by atoms with Crippen LogP contribution in [0.2, 0.25) is 0 Å². The largest absolute Gasteiger partial charge is 0.363 e. The van der Waals surface area contributed by atoms with E-state index in [9.17, 15) is 19.7 Å². The van der Waals surface area contributed by atoms with E-state index >= 15 is 0 Å². The van der Waals surface area contributed by atoms with Gasteiger partial charge < -0.3 is 15.2 Å². The summed E-state index contributed by atoms with van der Waals surface area (Å²) in [6.07, 6.45) is 1.28. The summed E-state index contributed by atoms with van der Waals surface area (Å²) in [6.45, 7) is 2.64. The number of benzene rings is 1. The molecule has 25 heavy (non-hydrogen) atoms. The molecule has 1 aromatic carbocycles. The monoisotopic (exact) mass is 346 g/mol. The summed E-state index contributed by atoms with van der Waals surface area (Å²) in [5, 5.41) is 14.2. The van der Waals surface area contributed by atoms with Gasteiger partial charge in [0.25, 0.3) is 11.2 Å². The van der Waals surface area contributed by atoms with E-state index in [-0.39, 0.29) is 17.0 Å². The van der Waals surface area contributed by atoms with Crippen LogP contribution in [0, 0.1) is 10.1 Å². The van der Waals surface area contributed by atoms with E-state index in [1.165, 1.54) is 12.4 Å². The Kier molecular flexibility index (Phi) is 4.61. The Hall–Kier alpha value is -3.01. The summed E-state index contributed by atoms with van der Waals surface area (Å²) < 4.78 is 0. The number of H-pyrrole nitrogens is 1. The number of hydrogen-bond donors (Lipinski definition) is 2. The molecule has 0 radical (unpaired) electrons. The number of nitrogens with zero attached hydrogens (tertiary/aromatic N) is 4. The third kappa shape index (κ3) is 3.43. The molecule has 0 saturated carbocycles. The lowest BCUT2D eigenvalue weighted by atomic mass is 10.1. The number of amides is 1. The average Bonchev–Trinajstić information content (AvgIpc) is 2.61. The number of anilines is 1. The van der Waals surface area contributed by atoms with E-state index in [2.05, 4.69) is 15.3 Å². The van der Waals surface area contributed by atoms with Crippen LogP contribution in [-0.2, 0) is 4.79 Å². The minimum absolute atomic E-state index is 0.0615. The summed E-state index contributed by atoms with van der Waals surface area (Å²) in [4.78, 5) is 44.7. The summed E-state index contributed by atoms with van der Waals surface area (Å²) in [5.41, 5.74) is 0.327. The zero-order valence-electron chi connectivity index (χ0n) is 13.7.